The molecule has 21 heavy (non-hydrogen) atoms. The fraction of sp³-hybridized carbons (Fsp3) is 0.176. The van der Waals surface area contributed by atoms with Crippen molar-refractivity contribution in [3.05, 3.63) is 65.2 Å². The molecule has 0 atom stereocenters. The third-order valence-electron chi connectivity index (χ3n) is 2.90. The number of rotatable bonds is 2. The van der Waals surface area contributed by atoms with E-state index in [1.165, 1.54) is 11.6 Å². The topological polar surface area (TPSA) is 87.1 Å². The van der Waals surface area contributed by atoms with Gasteiger partial charge in [0.25, 0.3) is 0 Å². The van der Waals surface area contributed by atoms with Crippen molar-refractivity contribution < 1.29 is 9.90 Å². The van der Waals surface area contributed by atoms with Crippen LogP contribution in [0.3, 0.4) is 0 Å². The number of nitrogens with zero attached hydrogens (tertiary/aromatic N) is 1. The molecule has 4 heteroatoms. The number of carboxylic acids is 1. The maximum absolute atomic E-state index is 10.3. The molecule has 2 aromatic rings. The van der Waals surface area contributed by atoms with Crippen molar-refractivity contribution in [3.63, 3.8) is 0 Å². The van der Waals surface area contributed by atoms with Crippen LogP contribution < -0.4 is 5.73 Å². The van der Waals surface area contributed by atoms with Gasteiger partial charge < -0.3 is 10.8 Å². The number of nitrogens with two attached hydrogens (primary N) is 1. The molecule has 0 fully saturated rings. The van der Waals surface area contributed by atoms with Crippen LogP contribution in [0, 0.1) is 11.3 Å². The van der Waals surface area contributed by atoms with E-state index in [4.69, 9.17) is 16.1 Å². The number of para-hydroxylation sites is 1. The lowest BCUT2D eigenvalue weighted by Crippen LogP contribution is -2.00. The summed E-state index contributed by atoms with van der Waals surface area (Å²) in [5, 5.41) is 17.0. The Morgan fingerprint density at radius 3 is 2.10 bits per heavy atom. The van der Waals surface area contributed by atoms with Crippen LogP contribution in [-0.4, -0.2) is 11.1 Å². The van der Waals surface area contributed by atoms with E-state index >= 15 is 0 Å². The number of hydrogen-bond donors (Lipinski definition) is 2. The van der Waals surface area contributed by atoms with Crippen LogP contribution in [0.25, 0.3) is 0 Å². The standard InChI is InChI=1S/C10H11N.C7H7NO2/c1-8(2)10-5-3-9(7-11)4-6-10;8-6-4-2-1-3-5(6)7(9)10/h3-6,8H,1-2H3;1-4H,8H2,(H,9,10). The predicted octanol–water partition coefficient (Wildman–Crippen LogP) is 3.65. The molecule has 0 aliphatic rings. The average Bonchev–Trinajstić information content (AvgIpc) is 2.48. The first kappa shape index (κ1) is 16.3. The zero-order valence-corrected chi connectivity index (χ0v) is 12.1. The van der Waals surface area contributed by atoms with Crippen LogP contribution in [0.15, 0.2) is 48.5 Å². The van der Waals surface area contributed by atoms with Crippen molar-refractivity contribution in [1.82, 2.24) is 0 Å². The van der Waals surface area contributed by atoms with Crippen molar-refractivity contribution in [2.75, 3.05) is 5.73 Å². The summed E-state index contributed by atoms with van der Waals surface area (Å²) in [6.07, 6.45) is 0. The van der Waals surface area contributed by atoms with Gasteiger partial charge in [-0.3, -0.25) is 0 Å². The van der Waals surface area contributed by atoms with Crippen LogP contribution in [0.1, 0.15) is 41.3 Å². The van der Waals surface area contributed by atoms with Crippen molar-refractivity contribution >= 4 is 11.7 Å². The minimum Gasteiger partial charge on any atom is -0.478 e. The molecule has 3 N–H and O–H groups in total. The van der Waals surface area contributed by atoms with Crippen LogP contribution in [-0.2, 0) is 0 Å². The summed E-state index contributed by atoms with van der Waals surface area (Å²) in [5.74, 6) is -0.444. The Labute approximate surface area is 124 Å². The second kappa shape index (κ2) is 7.71. The van der Waals surface area contributed by atoms with E-state index in [0.29, 0.717) is 11.6 Å². The fourth-order valence-electron chi connectivity index (χ4n) is 1.63. The maximum atomic E-state index is 10.3. The zero-order chi connectivity index (χ0) is 15.8. The molecule has 0 amide bonds. The summed E-state index contributed by atoms with van der Waals surface area (Å²) in [4.78, 5) is 10.3. The van der Waals surface area contributed by atoms with Gasteiger partial charge in [-0.05, 0) is 35.7 Å². The predicted molar refractivity (Wildman–Crippen MR) is 83.1 cm³/mol. The number of benzene rings is 2. The van der Waals surface area contributed by atoms with E-state index in [1.807, 2.05) is 24.3 Å². The summed E-state index contributed by atoms with van der Waals surface area (Å²) < 4.78 is 0. The Balaban J connectivity index is 0.000000211. The molecule has 0 saturated heterocycles. The molecule has 0 bridgehead atoms. The zero-order valence-electron chi connectivity index (χ0n) is 12.1. The lowest BCUT2D eigenvalue weighted by molar-refractivity contribution is 0.0698. The highest BCUT2D eigenvalue weighted by molar-refractivity contribution is 5.93. The van der Waals surface area contributed by atoms with Gasteiger partial charge in [0.1, 0.15) is 0 Å². The number of nitriles is 1. The molecule has 2 aromatic carbocycles. The number of anilines is 1. The largest absolute Gasteiger partial charge is 0.478 e. The molecule has 0 aliphatic carbocycles. The quantitative estimate of drug-likeness (QED) is 0.823. The highest BCUT2D eigenvalue weighted by Crippen LogP contribution is 2.13. The van der Waals surface area contributed by atoms with Gasteiger partial charge in [0.05, 0.1) is 17.2 Å². The molecular formula is C17H18N2O2. The first-order valence-electron chi connectivity index (χ1n) is 6.53. The van der Waals surface area contributed by atoms with E-state index in [2.05, 4.69) is 19.9 Å². The summed E-state index contributed by atoms with van der Waals surface area (Å²) in [5.41, 5.74) is 7.81. The number of aromatic carboxylic acids is 1. The van der Waals surface area contributed by atoms with E-state index in [-0.39, 0.29) is 5.56 Å². The Kier molecular flexibility index (Phi) is 5.97. The fourth-order valence-corrected chi connectivity index (χ4v) is 1.63. The van der Waals surface area contributed by atoms with Gasteiger partial charge in [-0.1, -0.05) is 38.1 Å². The summed E-state index contributed by atoms with van der Waals surface area (Å²) in [7, 11) is 0. The second-order valence-corrected chi connectivity index (χ2v) is 4.78. The summed E-state index contributed by atoms with van der Waals surface area (Å²) >= 11 is 0. The molecule has 0 heterocycles. The highest BCUT2D eigenvalue weighted by atomic mass is 16.4. The highest BCUT2D eigenvalue weighted by Gasteiger charge is 2.03. The van der Waals surface area contributed by atoms with E-state index in [9.17, 15) is 4.79 Å². The lowest BCUT2D eigenvalue weighted by Gasteiger charge is -2.02. The molecule has 108 valence electrons. The minimum atomic E-state index is -0.988. The van der Waals surface area contributed by atoms with Crippen LogP contribution >= 0.6 is 0 Å². The minimum absolute atomic E-state index is 0.155. The van der Waals surface area contributed by atoms with E-state index in [1.54, 1.807) is 18.2 Å². The van der Waals surface area contributed by atoms with E-state index < -0.39 is 5.97 Å². The number of hydrogen-bond acceptors (Lipinski definition) is 3. The molecule has 2 rings (SSSR count). The lowest BCUT2D eigenvalue weighted by atomic mass is 10.0. The second-order valence-electron chi connectivity index (χ2n) is 4.78. The van der Waals surface area contributed by atoms with Gasteiger partial charge in [-0.25, -0.2) is 4.79 Å². The molecule has 0 unspecified atom stereocenters. The van der Waals surface area contributed by atoms with Crippen molar-refractivity contribution in [2.45, 2.75) is 19.8 Å². The summed E-state index contributed by atoms with van der Waals surface area (Å²) in [6, 6.07) is 16.2. The van der Waals surface area contributed by atoms with E-state index in [0.717, 1.165) is 5.56 Å². The van der Waals surface area contributed by atoms with Crippen LogP contribution in [0.5, 0.6) is 0 Å². The molecule has 4 nitrogen and oxygen atoms in total. The van der Waals surface area contributed by atoms with Crippen molar-refractivity contribution in [3.8, 4) is 6.07 Å². The molecule has 0 saturated carbocycles. The summed E-state index contributed by atoms with van der Waals surface area (Å²) in [6.45, 7) is 4.28. The number of carboxylic acid groups (broad SMARTS) is 1. The Bertz CT molecular complexity index is 641. The van der Waals surface area contributed by atoms with Gasteiger partial charge in [0.2, 0.25) is 0 Å². The molecule has 0 radical (unpaired) electrons. The molecule has 0 aromatic heterocycles. The molecule has 0 spiro atoms. The Morgan fingerprint density at radius 2 is 1.71 bits per heavy atom. The SMILES string of the molecule is CC(C)c1ccc(C#N)cc1.Nc1ccccc1C(=O)O. The smallest absolute Gasteiger partial charge is 0.337 e. The number of carbonyl (C=O) groups is 1. The average molecular weight is 282 g/mol. The van der Waals surface area contributed by atoms with Crippen molar-refractivity contribution in [2.24, 2.45) is 0 Å². The van der Waals surface area contributed by atoms with Crippen LogP contribution in [0.4, 0.5) is 5.69 Å². The first-order valence-corrected chi connectivity index (χ1v) is 6.53. The van der Waals surface area contributed by atoms with Gasteiger partial charge in [-0.15, -0.1) is 0 Å². The Hall–Kier alpha value is -2.80. The van der Waals surface area contributed by atoms with Gasteiger partial charge >= 0.3 is 5.97 Å². The van der Waals surface area contributed by atoms with Crippen LogP contribution in [0.2, 0.25) is 0 Å². The third kappa shape index (κ3) is 5.00. The normalized spacial score (nSPS) is 9.43. The van der Waals surface area contributed by atoms with Gasteiger partial charge in [-0.2, -0.15) is 5.26 Å². The van der Waals surface area contributed by atoms with Gasteiger partial charge in [0, 0.05) is 5.69 Å². The van der Waals surface area contributed by atoms with Gasteiger partial charge in [0.15, 0.2) is 0 Å². The molecule has 0 aliphatic heterocycles. The third-order valence-corrected chi connectivity index (χ3v) is 2.90. The number of nitrogen functional groups attached to an aromatic ring is 1. The molecular weight excluding hydrogens is 264 g/mol. The maximum Gasteiger partial charge on any atom is 0.337 e. The Morgan fingerprint density at radius 1 is 1.14 bits per heavy atom. The first-order chi connectivity index (χ1) is 9.95. The monoisotopic (exact) mass is 282 g/mol. The van der Waals surface area contributed by atoms with Crippen molar-refractivity contribution in [1.29, 1.82) is 5.26 Å².